The quantitative estimate of drug-likeness (QED) is 0.655. The van der Waals surface area contributed by atoms with Crippen LogP contribution in [0.25, 0.3) is 0 Å². The van der Waals surface area contributed by atoms with Gasteiger partial charge in [0.15, 0.2) is 0 Å². The third kappa shape index (κ3) is 4.46. The van der Waals surface area contributed by atoms with Gasteiger partial charge in [-0.05, 0) is 38.1 Å². The van der Waals surface area contributed by atoms with Crippen LogP contribution in [0.1, 0.15) is 13.8 Å². The first-order valence-electron chi connectivity index (χ1n) is 9.57. The standard InChI is InChI=1S/C22H26N2O6S/c1-6-11-24-17-9-7-15(12-19(17)30-14-22(2,3)21(24)25)23-31(26,27)20-13-16(28-4)8-10-18(20)29-5/h6-10,12-13,23H,1,11,14H2,2-5H3. The highest BCUT2D eigenvalue weighted by Gasteiger charge is 2.37. The maximum absolute atomic E-state index is 13.0. The first kappa shape index (κ1) is 22.5. The molecule has 0 fully saturated rings. The predicted octanol–water partition coefficient (Wildman–Crippen LogP) is 3.44. The molecule has 2 aromatic carbocycles. The van der Waals surface area contributed by atoms with Crippen molar-refractivity contribution in [2.24, 2.45) is 5.41 Å². The number of hydrogen-bond donors (Lipinski definition) is 1. The lowest BCUT2D eigenvalue weighted by atomic mass is 9.93. The lowest BCUT2D eigenvalue weighted by Gasteiger charge is -2.27. The highest BCUT2D eigenvalue weighted by molar-refractivity contribution is 7.92. The molecular weight excluding hydrogens is 420 g/mol. The molecule has 0 saturated heterocycles. The molecule has 0 aromatic heterocycles. The topological polar surface area (TPSA) is 94.2 Å². The monoisotopic (exact) mass is 446 g/mol. The van der Waals surface area contributed by atoms with Gasteiger partial charge in [-0.2, -0.15) is 0 Å². The summed E-state index contributed by atoms with van der Waals surface area (Å²) >= 11 is 0. The minimum Gasteiger partial charge on any atom is -0.497 e. The number of sulfonamides is 1. The van der Waals surface area contributed by atoms with Crippen molar-refractivity contribution in [3.63, 3.8) is 0 Å². The summed E-state index contributed by atoms with van der Waals surface area (Å²) in [7, 11) is -1.14. The van der Waals surface area contributed by atoms with Crippen molar-refractivity contribution in [1.29, 1.82) is 0 Å². The van der Waals surface area contributed by atoms with Gasteiger partial charge in [0, 0.05) is 18.7 Å². The lowest BCUT2D eigenvalue weighted by Crippen LogP contribution is -2.42. The Morgan fingerprint density at radius 1 is 1.19 bits per heavy atom. The molecule has 0 bridgehead atoms. The summed E-state index contributed by atoms with van der Waals surface area (Å²) < 4.78 is 44.8. The summed E-state index contributed by atoms with van der Waals surface area (Å²) in [6.07, 6.45) is 1.63. The first-order valence-corrected chi connectivity index (χ1v) is 11.1. The summed E-state index contributed by atoms with van der Waals surface area (Å²) in [5, 5.41) is 0. The molecule has 1 heterocycles. The number of carbonyl (C=O) groups is 1. The summed E-state index contributed by atoms with van der Waals surface area (Å²) in [6, 6.07) is 9.31. The van der Waals surface area contributed by atoms with E-state index in [4.69, 9.17) is 14.2 Å². The zero-order chi connectivity index (χ0) is 22.8. The molecule has 166 valence electrons. The van der Waals surface area contributed by atoms with E-state index in [0.29, 0.717) is 23.7 Å². The van der Waals surface area contributed by atoms with Crippen molar-refractivity contribution in [3.8, 4) is 17.2 Å². The molecule has 0 atom stereocenters. The zero-order valence-electron chi connectivity index (χ0n) is 18.0. The molecule has 0 radical (unpaired) electrons. The highest BCUT2D eigenvalue weighted by Crippen LogP contribution is 2.39. The van der Waals surface area contributed by atoms with Gasteiger partial charge in [-0.15, -0.1) is 6.58 Å². The molecule has 0 aliphatic carbocycles. The van der Waals surface area contributed by atoms with E-state index in [-0.39, 0.29) is 28.8 Å². The SMILES string of the molecule is C=CCN1C(=O)C(C)(C)COc2cc(NS(=O)(=O)c3cc(OC)ccc3OC)ccc21. The van der Waals surface area contributed by atoms with Gasteiger partial charge in [-0.1, -0.05) is 6.08 Å². The Morgan fingerprint density at radius 2 is 1.94 bits per heavy atom. The molecule has 1 aliphatic rings. The number of fused-ring (bicyclic) bond motifs is 1. The van der Waals surface area contributed by atoms with E-state index < -0.39 is 15.4 Å². The first-order chi connectivity index (χ1) is 14.6. The number of amides is 1. The van der Waals surface area contributed by atoms with Crippen LogP contribution in [0.15, 0.2) is 53.9 Å². The van der Waals surface area contributed by atoms with Crippen LogP contribution >= 0.6 is 0 Å². The Bertz CT molecular complexity index is 1110. The van der Waals surface area contributed by atoms with Gasteiger partial charge in [0.25, 0.3) is 10.0 Å². The van der Waals surface area contributed by atoms with Crippen molar-refractivity contribution in [2.75, 3.05) is 37.0 Å². The average Bonchev–Trinajstić information content (AvgIpc) is 2.83. The van der Waals surface area contributed by atoms with Gasteiger partial charge in [0.2, 0.25) is 5.91 Å². The molecule has 1 N–H and O–H groups in total. The Hall–Kier alpha value is -3.20. The second-order valence-corrected chi connectivity index (χ2v) is 9.33. The predicted molar refractivity (Wildman–Crippen MR) is 119 cm³/mol. The molecule has 0 unspecified atom stereocenters. The van der Waals surface area contributed by atoms with E-state index in [0.717, 1.165) is 0 Å². The summed E-state index contributed by atoms with van der Waals surface area (Å²) in [6.45, 7) is 7.79. The van der Waals surface area contributed by atoms with E-state index in [1.54, 1.807) is 49.1 Å². The van der Waals surface area contributed by atoms with Gasteiger partial charge in [0.05, 0.1) is 31.0 Å². The molecule has 0 spiro atoms. The van der Waals surface area contributed by atoms with Gasteiger partial charge >= 0.3 is 0 Å². The minimum atomic E-state index is -3.99. The fourth-order valence-corrected chi connectivity index (χ4v) is 4.46. The Labute approximate surface area is 182 Å². The molecular formula is C22H26N2O6S. The number of nitrogens with one attached hydrogen (secondary N) is 1. The maximum Gasteiger partial charge on any atom is 0.265 e. The van der Waals surface area contributed by atoms with Crippen LogP contribution in [0.3, 0.4) is 0 Å². The van der Waals surface area contributed by atoms with E-state index in [9.17, 15) is 13.2 Å². The summed E-state index contributed by atoms with van der Waals surface area (Å²) in [4.78, 5) is 14.4. The Morgan fingerprint density at radius 3 is 2.58 bits per heavy atom. The van der Waals surface area contributed by atoms with Gasteiger partial charge in [-0.25, -0.2) is 8.42 Å². The summed E-state index contributed by atoms with van der Waals surface area (Å²) in [5.41, 5.74) is 0.0991. The molecule has 3 rings (SSSR count). The molecule has 8 nitrogen and oxygen atoms in total. The number of ether oxygens (including phenoxy) is 3. The second-order valence-electron chi connectivity index (χ2n) is 7.68. The molecule has 1 amide bonds. The van der Waals surface area contributed by atoms with Crippen molar-refractivity contribution < 1.29 is 27.4 Å². The van der Waals surface area contributed by atoms with Gasteiger partial charge in [-0.3, -0.25) is 9.52 Å². The van der Waals surface area contributed by atoms with Crippen LogP contribution in [-0.2, 0) is 14.8 Å². The Balaban J connectivity index is 1.99. The van der Waals surface area contributed by atoms with Crippen molar-refractivity contribution >= 4 is 27.3 Å². The van der Waals surface area contributed by atoms with E-state index in [2.05, 4.69) is 11.3 Å². The number of rotatable bonds is 7. The number of methoxy groups -OCH3 is 2. The Kier molecular flexibility index (Phi) is 6.17. The number of hydrogen-bond acceptors (Lipinski definition) is 6. The van der Waals surface area contributed by atoms with E-state index in [1.165, 1.54) is 26.4 Å². The van der Waals surface area contributed by atoms with Crippen LogP contribution in [0, 0.1) is 5.41 Å². The third-order valence-corrected chi connectivity index (χ3v) is 6.29. The van der Waals surface area contributed by atoms with Crippen LogP contribution in [0.2, 0.25) is 0 Å². The normalized spacial score (nSPS) is 15.4. The van der Waals surface area contributed by atoms with Gasteiger partial charge < -0.3 is 19.1 Å². The molecule has 2 aromatic rings. The average molecular weight is 447 g/mol. The van der Waals surface area contributed by atoms with Crippen molar-refractivity contribution in [2.45, 2.75) is 18.7 Å². The minimum absolute atomic E-state index is 0.0604. The van der Waals surface area contributed by atoms with Crippen LogP contribution in [0.4, 0.5) is 11.4 Å². The molecule has 9 heteroatoms. The number of anilines is 2. The van der Waals surface area contributed by atoms with Crippen LogP contribution < -0.4 is 23.8 Å². The second kappa shape index (κ2) is 8.50. The fourth-order valence-electron chi connectivity index (χ4n) is 3.23. The third-order valence-electron chi connectivity index (χ3n) is 4.89. The smallest absolute Gasteiger partial charge is 0.265 e. The highest BCUT2D eigenvalue weighted by atomic mass is 32.2. The van der Waals surface area contributed by atoms with Crippen LogP contribution in [-0.4, -0.2) is 41.7 Å². The number of nitrogens with zero attached hydrogens (tertiary/aromatic N) is 1. The van der Waals surface area contributed by atoms with E-state index in [1.807, 2.05) is 0 Å². The van der Waals surface area contributed by atoms with Gasteiger partial charge in [0.1, 0.15) is 28.8 Å². The molecule has 0 saturated carbocycles. The molecule has 31 heavy (non-hydrogen) atoms. The lowest BCUT2D eigenvalue weighted by molar-refractivity contribution is -0.127. The summed E-state index contributed by atoms with van der Waals surface area (Å²) in [5.74, 6) is 0.871. The zero-order valence-corrected chi connectivity index (χ0v) is 18.8. The van der Waals surface area contributed by atoms with Crippen LogP contribution in [0.5, 0.6) is 17.2 Å². The largest absolute Gasteiger partial charge is 0.497 e. The van der Waals surface area contributed by atoms with E-state index >= 15 is 0 Å². The number of carbonyl (C=O) groups excluding carboxylic acids is 1. The maximum atomic E-state index is 13.0. The molecule has 1 aliphatic heterocycles. The van der Waals surface area contributed by atoms with Crippen molar-refractivity contribution in [3.05, 3.63) is 49.1 Å². The van der Waals surface area contributed by atoms with Crippen molar-refractivity contribution in [1.82, 2.24) is 0 Å². The number of benzene rings is 2. The fraction of sp³-hybridized carbons (Fsp3) is 0.318.